The number of carbonyl (C=O) groups excluding carboxylic acids is 1. The maximum atomic E-state index is 10.8. The first-order valence-corrected chi connectivity index (χ1v) is 5.46. The molecule has 17 heavy (non-hydrogen) atoms. The van der Waals surface area contributed by atoms with Crippen LogP contribution in [0, 0.1) is 0 Å². The molecule has 0 heterocycles. The predicted octanol–water partition coefficient (Wildman–Crippen LogP) is 1.38. The van der Waals surface area contributed by atoms with Gasteiger partial charge in [0.15, 0.2) is 0 Å². The van der Waals surface area contributed by atoms with Crippen LogP contribution in [0.3, 0.4) is 0 Å². The van der Waals surface area contributed by atoms with E-state index in [9.17, 15) is 9.90 Å². The zero-order valence-electron chi connectivity index (χ0n) is 9.23. The zero-order valence-corrected chi connectivity index (χ0v) is 9.98. The van der Waals surface area contributed by atoms with Crippen molar-refractivity contribution in [3.8, 4) is 5.75 Å². The predicted molar refractivity (Wildman–Crippen MR) is 66.2 cm³/mol. The summed E-state index contributed by atoms with van der Waals surface area (Å²) in [7, 11) is 0. The van der Waals surface area contributed by atoms with Crippen LogP contribution in [-0.4, -0.2) is 30.3 Å². The van der Waals surface area contributed by atoms with Crippen molar-refractivity contribution < 1.29 is 14.6 Å². The number of aliphatic hydroxyl groups excluding tert-OH is 1. The van der Waals surface area contributed by atoms with Crippen LogP contribution in [0.25, 0.3) is 0 Å². The fourth-order valence-electron chi connectivity index (χ4n) is 1.07. The molecule has 1 amide bonds. The Balaban J connectivity index is 2.28. The number of rotatable bonds is 6. The zero-order chi connectivity index (χ0) is 12.7. The molecule has 4 nitrogen and oxygen atoms in total. The van der Waals surface area contributed by atoms with Gasteiger partial charge in [-0.1, -0.05) is 18.2 Å². The topological polar surface area (TPSA) is 58.6 Å². The third kappa shape index (κ3) is 5.38. The lowest BCUT2D eigenvalue weighted by Crippen LogP contribution is -2.34. The molecule has 0 radical (unpaired) electrons. The minimum Gasteiger partial charge on any atom is -0.491 e. The van der Waals surface area contributed by atoms with E-state index in [4.69, 9.17) is 16.3 Å². The SMILES string of the molecule is C=CC(=O)NCC(O)COc1ccc(Cl)cc1. The number of aliphatic hydroxyl groups is 1. The summed E-state index contributed by atoms with van der Waals surface area (Å²) in [4.78, 5) is 10.8. The molecule has 1 atom stereocenters. The Kier molecular flexibility index (Phi) is 5.52. The Morgan fingerprint density at radius 3 is 2.76 bits per heavy atom. The van der Waals surface area contributed by atoms with Crippen LogP contribution < -0.4 is 10.1 Å². The first kappa shape index (κ1) is 13.5. The number of benzene rings is 1. The van der Waals surface area contributed by atoms with E-state index in [0.717, 1.165) is 6.08 Å². The lowest BCUT2D eigenvalue weighted by Gasteiger charge is -2.12. The molecule has 0 saturated carbocycles. The second kappa shape index (κ2) is 6.93. The van der Waals surface area contributed by atoms with E-state index in [-0.39, 0.29) is 19.1 Å². The second-order valence-corrected chi connectivity index (χ2v) is 3.80. The number of nitrogens with one attached hydrogen (secondary N) is 1. The third-order valence-corrected chi connectivity index (χ3v) is 2.21. The highest BCUT2D eigenvalue weighted by atomic mass is 35.5. The van der Waals surface area contributed by atoms with E-state index in [2.05, 4.69) is 11.9 Å². The lowest BCUT2D eigenvalue weighted by molar-refractivity contribution is -0.117. The van der Waals surface area contributed by atoms with Crippen LogP contribution >= 0.6 is 11.6 Å². The highest BCUT2D eigenvalue weighted by Gasteiger charge is 2.06. The van der Waals surface area contributed by atoms with E-state index in [1.54, 1.807) is 24.3 Å². The molecule has 0 aromatic heterocycles. The Labute approximate surface area is 105 Å². The van der Waals surface area contributed by atoms with Crippen LogP contribution in [0.4, 0.5) is 0 Å². The summed E-state index contributed by atoms with van der Waals surface area (Å²) in [5.41, 5.74) is 0. The van der Waals surface area contributed by atoms with Gasteiger partial charge < -0.3 is 15.2 Å². The van der Waals surface area contributed by atoms with Gasteiger partial charge in [0, 0.05) is 11.6 Å². The van der Waals surface area contributed by atoms with Crippen molar-refractivity contribution in [1.29, 1.82) is 0 Å². The smallest absolute Gasteiger partial charge is 0.243 e. The van der Waals surface area contributed by atoms with Crippen molar-refractivity contribution in [2.75, 3.05) is 13.2 Å². The van der Waals surface area contributed by atoms with Crippen molar-refractivity contribution >= 4 is 17.5 Å². The Bertz CT molecular complexity index is 378. The molecule has 1 aromatic rings. The molecule has 92 valence electrons. The first-order valence-electron chi connectivity index (χ1n) is 5.08. The monoisotopic (exact) mass is 255 g/mol. The summed E-state index contributed by atoms with van der Waals surface area (Å²) in [5.74, 6) is 0.291. The van der Waals surface area contributed by atoms with Gasteiger partial charge in [-0.25, -0.2) is 0 Å². The summed E-state index contributed by atoms with van der Waals surface area (Å²) in [5, 5.41) is 12.6. The summed E-state index contributed by atoms with van der Waals surface area (Å²) in [6.07, 6.45) is 0.377. The molecule has 0 bridgehead atoms. The fourth-order valence-corrected chi connectivity index (χ4v) is 1.20. The molecule has 0 fully saturated rings. The van der Waals surface area contributed by atoms with Crippen LogP contribution in [0.15, 0.2) is 36.9 Å². The van der Waals surface area contributed by atoms with Gasteiger partial charge in [-0.05, 0) is 30.3 Å². The van der Waals surface area contributed by atoms with Gasteiger partial charge in [-0.3, -0.25) is 4.79 Å². The second-order valence-electron chi connectivity index (χ2n) is 3.37. The average Bonchev–Trinajstić information content (AvgIpc) is 2.35. The van der Waals surface area contributed by atoms with Gasteiger partial charge in [0.2, 0.25) is 5.91 Å². The van der Waals surface area contributed by atoms with Crippen LogP contribution in [0.5, 0.6) is 5.75 Å². The minimum absolute atomic E-state index is 0.0963. The fraction of sp³-hybridized carbons (Fsp3) is 0.250. The summed E-state index contributed by atoms with van der Waals surface area (Å²) < 4.78 is 5.30. The molecule has 1 rings (SSSR count). The molecule has 1 unspecified atom stereocenters. The summed E-state index contributed by atoms with van der Waals surface area (Å²) >= 11 is 5.71. The quantitative estimate of drug-likeness (QED) is 0.755. The number of carbonyl (C=O) groups is 1. The molecular weight excluding hydrogens is 242 g/mol. The van der Waals surface area contributed by atoms with Gasteiger partial charge in [-0.2, -0.15) is 0 Å². The average molecular weight is 256 g/mol. The molecule has 0 saturated heterocycles. The van der Waals surface area contributed by atoms with Crippen LogP contribution in [0.2, 0.25) is 5.02 Å². The van der Waals surface area contributed by atoms with E-state index in [1.165, 1.54) is 0 Å². The van der Waals surface area contributed by atoms with Gasteiger partial charge in [0.25, 0.3) is 0 Å². The summed E-state index contributed by atoms with van der Waals surface area (Å²) in [6.45, 7) is 3.52. The largest absolute Gasteiger partial charge is 0.491 e. The van der Waals surface area contributed by atoms with E-state index >= 15 is 0 Å². The molecule has 2 N–H and O–H groups in total. The number of hydrogen-bond acceptors (Lipinski definition) is 3. The van der Waals surface area contributed by atoms with Crippen molar-refractivity contribution in [3.05, 3.63) is 41.9 Å². The van der Waals surface area contributed by atoms with Crippen LogP contribution in [-0.2, 0) is 4.79 Å². The van der Waals surface area contributed by atoms with Gasteiger partial charge in [0.1, 0.15) is 18.5 Å². The van der Waals surface area contributed by atoms with E-state index in [1.807, 2.05) is 0 Å². The number of hydrogen-bond donors (Lipinski definition) is 2. The number of ether oxygens (including phenoxy) is 1. The maximum absolute atomic E-state index is 10.8. The van der Waals surface area contributed by atoms with Crippen molar-refractivity contribution in [3.63, 3.8) is 0 Å². The minimum atomic E-state index is -0.769. The molecule has 0 aliphatic rings. The summed E-state index contributed by atoms with van der Waals surface area (Å²) in [6, 6.07) is 6.81. The van der Waals surface area contributed by atoms with Gasteiger partial charge in [-0.15, -0.1) is 0 Å². The molecule has 5 heteroatoms. The Hall–Kier alpha value is -1.52. The Morgan fingerprint density at radius 1 is 1.53 bits per heavy atom. The van der Waals surface area contributed by atoms with Crippen molar-refractivity contribution in [2.45, 2.75) is 6.10 Å². The molecule has 0 aliphatic carbocycles. The van der Waals surface area contributed by atoms with Gasteiger partial charge in [0.05, 0.1) is 0 Å². The van der Waals surface area contributed by atoms with Gasteiger partial charge >= 0.3 is 0 Å². The highest BCUT2D eigenvalue weighted by molar-refractivity contribution is 6.30. The maximum Gasteiger partial charge on any atom is 0.243 e. The molecule has 1 aromatic carbocycles. The van der Waals surface area contributed by atoms with E-state index < -0.39 is 6.10 Å². The standard InChI is InChI=1S/C12H14ClNO3/c1-2-12(16)14-7-10(15)8-17-11-5-3-9(13)4-6-11/h2-6,10,15H,1,7-8H2,(H,14,16). The number of amides is 1. The van der Waals surface area contributed by atoms with Crippen molar-refractivity contribution in [2.24, 2.45) is 0 Å². The lowest BCUT2D eigenvalue weighted by atomic mass is 10.3. The Morgan fingerprint density at radius 2 is 2.18 bits per heavy atom. The highest BCUT2D eigenvalue weighted by Crippen LogP contribution is 2.15. The van der Waals surface area contributed by atoms with Crippen LogP contribution in [0.1, 0.15) is 0 Å². The normalized spacial score (nSPS) is 11.6. The molecule has 0 aliphatic heterocycles. The molecule has 0 spiro atoms. The third-order valence-electron chi connectivity index (χ3n) is 1.95. The number of halogens is 1. The first-order chi connectivity index (χ1) is 8.11. The molecular formula is C12H14ClNO3. The van der Waals surface area contributed by atoms with E-state index in [0.29, 0.717) is 10.8 Å². The van der Waals surface area contributed by atoms with Crippen molar-refractivity contribution in [1.82, 2.24) is 5.32 Å².